The topological polar surface area (TPSA) is 150 Å². The molecule has 1 aromatic heterocycles. The van der Waals surface area contributed by atoms with Gasteiger partial charge in [-0.1, -0.05) is 23.7 Å². The smallest absolute Gasteiger partial charge is 0.355 e. The number of ether oxygens (including phenoxy) is 3. The predicted molar refractivity (Wildman–Crippen MR) is 121 cm³/mol. The van der Waals surface area contributed by atoms with E-state index in [0.29, 0.717) is 22.9 Å². The lowest BCUT2D eigenvalue weighted by Crippen LogP contribution is -2.30. The van der Waals surface area contributed by atoms with Crippen LogP contribution >= 0.6 is 11.6 Å². The van der Waals surface area contributed by atoms with Crippen molar-refractivity contribution in [3.63, 3.8) is 0 Å². The molecule has 0 fully saturated rings. The molecule has 0 unspecified atom stereocenters. The molecule has 0 spiro atoms. The maximum absolute atomic E-state index is 12.5. The Hall–Kier alpha value is -4.32. The summed E-state index contributed by atoms with van der Waals surface area (Å²) in [4.78, 5) is 31.4. The molecular formula is C20H19ClN6O6. The number of methoxy groups -OCH3 is 3. The van der Waals surface area contributed by atoms with E-state index >= 15 is 0 Å². The van der Waals surface area contributed by atoms with E-state index < -0.39 is 16.5 Å². The molecule has 0 saturated heterocycles. The van der Waals surface area contributed by atoms with E-state index in [1.165, 1.54) is 39.5 Å². The largest absolute Gasteiger partial charge is 0.496 e. The number of rotatable bonds is 9. The van der Waals surface area contributed by atoms with Gasteiger partial charge in [0.15, 0.2) is 0 Å². The number of aromatic nitrogens is 2. The van der Waals surface area contributed by atoms with Gasteiger partial charge in [-0.2, -0.15) is 0 Å². The normalized spacial score (nSPS) is 10.2. The summed E-state index contributed by atoms with van der Waals surface area (Å²) in [6.07, 6.45) is 1.09. The number of hydrogen-bond acceptors (Lipinski definition) is 10. The third-order valence-electron chi connectivity index (χ3n) is 4.38. The summed E-state index contributed by atoms with van der Waals surface area (Å²) in [6.45, 7) is 0. The first-order valence-electron chi connectivity index (χ1n) is 9.26. The number of para-hydroxylation sites is 1. The summed E-state index contributed by atoms with van der Waals surface area (Å²) in [6, 6.07) is 9.50. The molecule has 2 aromatic carbocycles. The molecule has 0 aliphatic carbocycles. The average Bonchev–Trinajstić information content (AvgIpc) is 2.82. The highest BCUT2D eigenvalue weighted by molar-refractivity contribution is 6.32. The fourth-order valence-electron chi connectivity index (χ4n) is 2.84. The molecular weight excluding hydrogens is 456 g/mol. The molecule has 0 saturated carbocycles. The van der Waals surface area contributed by atoms with Gasteiger partial charge >= 0.3 is 5.69 Å². The number of benzene rings is 2. The molecule has 0 aliphatic heterocycles. The Bertz CT molecular complexity index is 1190. The van der Waals surface area contributed by atoms with Crippen LogP contribution in [-0.4, -0.2) is 42.1 Å². The number of amides is 1. The summed E-state index contributed by atoms with van der Waals surface area (Å²) in [5.74, 6) is 0.00185. The van der Waals surface area contributed by atoms with Gasteiger partial charge in [0.25, 0.3) is 5.91 Å². The molecule has 0 radical (unpaired) electrons. The fraction of sp³-hybridized carbons (Fsp3) is 0.150. The molecule has 3 aromatic rings. The zero-order chi connectivity index (χ0) is 24.0. The van der Waals surface area contributed by atoms with E-state index in [4.69, 9.17) is 25.8 Å². The summed E-state index contributed by atoms with van der Waals surface area (Å²) >= 11 is 6.17. The van der Waals surface area contributed by atoms with E-state index in [0.717, 1.165) is 6.33 Å². The third-order valence-corrected chi connectivity index (χ3v) is 4.67. The fourth-order valence-corrected chi connectivity index (χ4v) is 3.08. The first-order valence-corrected chi connectivity index (χ1v) is 9.64. The van der Waals surface area contributed by atoms with E-state index in [-0.39, 0.29) is 22.2 Å². The zero-order valence-corrected chi connectivity index (χ0v) is 18.5. The minimum atomic E-state index is -0.697. The van der Waals surface area contributed by atoms with Gasteiger partial charge in [0.2, 0.25) is 11.6 Å². The number of nitro groups is 1. The van der Waals surface area contributed by atoms with Crippen molar-refractivity contribution in [2.45, 2.75) is 0 Å². The SMILES string of the molecule is COc1cc(OC)c(Nc2ncnc(NNC(=O)c3ccccc3OC)c2[N+](=O)[O-])cc1Cl. The van der Waals surface area contributed by atoms with E-state index in [1.807, 2.05) is 0 Å². The quantitative estimate of drug-likeness (QED) is 0.310. The van der Waals surface area contributed by atoms with Crippen LogP contribution in [0.2, 0.25) is 5.02 Å². The van der Waals surface area contributed by atoms with Gasteiger partial charge in [0.1, 0.15) is 23.6 Å². The maximum atomic E-state index is 12.5. The molecule has 172 valence electrons. The number of hydrazine groups is 1. The second-order valence-corrected chi connectivity index (χ2v) is 6.68. The summed E-state index contributed by atoms with van der Waals surface area (Å²) < 4.78 is 15.6. The van der Waals surface area contributed by atoms with E-state index in [9.17, 15) is 14.9 Å². The minimum Gasteiger partial charge on any atom is -0.496 e. The van der Waals surface area contributed by atoms with Gasteiger partial charge in [-0.15, -0.1) is 0 Å². The Balaban J connectivity index is 1.90. The summed E-state index contributed by atoms with van der Waals surface area (Å²) in [7, 11) is 4.29. The highest BCUT2D eigenvalue weighted by Crippen LogP contribution is 2.39. The molecule has 0 aliphatic rings. The minimum absolute atomic E-state index is 0.163. The number of nitrogens with one attached hydrogen (secondary N) is 3. The molecule has 0 atom stereocenters. The lowest BCUT2D eigenvalue weighted by Gasteiger charge is -2.14. The van der Waals surface area contributed by atoms with E-state index in [2.05, 4.69) is 26.1 Å². The van der Waals surface area contributed by atoms with Crippen molar-refractivity contribution < 1.29 is 23.9 Å². The summed E-state index contributed by atoms with van der Waals surface area (Å²) in [5.41, 5.74) is 4.83. The van der Waals surface area contributed by atoms with Crippen molar-refractivity contribution in [2.24, 2.45) is 0 Å². The molecule has 1 amide bonds. The Morgan fingerprint density at radius 2 is 1.67 bits per heavy atom. The lowest BCUT2D eigenvalue weighted by molar-refractivity contribution is -0.383. The predicted octanol–water partition coefficient (Wildman–Crippen LogP) is 3.56. The monoisotopic (exact) mass is 474 g/mol. The van der Waals surface area contributed by atoms with Gasteiger partial charge < -0.3 is 19.5 Å². The van der Waals surface area contributed by atoms with E-state index in [1.54, 1.807) is 18.2 Å². The summed E-state index contributed by atoms with van der Waals surface area (Å²) in [5, 5.41) is 14.9. The molecule has 12 nitrogen and oxygen atoms in total. The molecule has 3 N–H and O–H groups in total. The Labute approximate surface area is 193 Å². The molecule has 3 rings (SSSR count). The standard InChI is InChI=1S/C20H19ClN6O6/c1-31-14-7-5-4-6-11(14)20(28)26-25-19-17(27(29)30)18(22-10-23-19)24-13-8-12(21)15(32-2)9-16(13)33-3/h4-10H,1-3H3,(H,26,28)(H2,22,23,24,25). The second kappa shape index (κ2) is 10.3. The number of anilines is 3. The first-order chi connectivity index (χ1) is 15.9. The number of halogens is 1. The van der Waals surface area contributed by atoms with Crippen molar-refractivity contribution in [2.75, 3.05) is 32.1 Å². The third kappa shape index (κ3) is 5.13. The highest BCUT2D eigenvalue weighted by Gasteiger charge is 2.25. The van der Waals surface area contributed by atoms with Crippen molar-refractivity contribution in [1.82, 2.24) is 15.4 Å². The van der Waals surface area contributed by atoms with Gasteiger partial charge in [0, 0.05) is 6.07 Å². The number of carbonyl (C=O) groups is 1. The Morgan fingerprint density at radius 3 is 2.33 bits per heavy atom. The van der Waals surface area contributed by atoms with Crippen molar-refractivity contribution in [3.05, 3.63) is 63.4 Å². The van der Waals surface area contributed by atoms with Crippen LogP contribution in [0.25, 0.3) is 0 Å². The molecule has 13 heteroatoms. The number of carbonyl (C=O) groups excluding carboxylic acids is 1. The molecule has 0 bridgehead atoms. The Kier molecular flexibility index (Phi) is 7.31. The highest BCUT2D eigenvalue weighted by atomic mass is 35.5. The number of nitrogens with zero attached hydrogens (tertiary/aromatic N) is 3. The molecule has 1 heterocycles. The molecule has 33 heavy (non-hydrogen) atoms. The number of hydrogen-bond donors (Lipinski definition) is 3. The first kappa shape index (κ1) is 23.3. The van der Waals surface area contributed by atoms with Crippen LogP contribution in [-0.2, 0) is 0 Å². The van der Waals surface area contributed by atoms with Crippen LogP contribution in [0.15, 0.2) is 42.7 Å². The average molecular weight is 475 g/mol. The van der Waals surface area contributed by atoms with Crippen molar-refractivity contribution >= 4 is 40.5 Å². The van der Waals surface area contributed by atoms with Crippen LogP contribution in [0.5, 0.6) is 17.2 Å². The lowest BCUT2D eigenvalue weighted by atomic mass is 10.2. The van der Waals surface area contributed by atoms with Gasteiger partial charge in [-0.3, -0.25) is 25.8 Å². The maximum Gasteiger partial charge on any atom is 0.355 e. The van der Waals surface area contributed by atoms with Gasteiger partial charge in [-0.25, -0.2) is 9.97 Å². The Morgan fingerprint density at radius 1 is 1.00 bits per heavy atom. The van der Waals surface area contributed by atoms with Crippen LogP contribution in [0.4, 0.5) is 23.0 Å². The van der Waals surface area contributed by atoms with Crippen LogP contribution in [0, 0.1) is 10.1 Å². The van der Waals surface area contributed by atoms with Gasteiger partial charge in [-0.05, 0) is 18.2 Å². The van der Waals surface area contributed by atoms with Crippen LogP contribution in [0.3, 0.4) is 0 Å². The van der Waals surface area contributed by atoms with Crippen LogP contribution in [0.1, 0.15) is 10.4 Å². The zero-order valence-electron chi connectivity index (χ0n) is 17.7. The van der Waals surface area contributed by atoms with Crippen molar-refractivity contribution in [3.8, 4) is 17.2 Å². The van der Waals surface area contributed by atoms with Crippen molar-refractivity contribution in [1.29, 1.82) is 0 Å². The second-order valence-electron chi connectivity index (χ2n) is 6.27. The van der Waals surface area contributed by atoms with Crippen LogP contribution < -0.4 is 30.4 Å². The van der Waals surface area contributed by atoms with Gasteiger partial charge in [0.05, 0.1) is 42.5 Å².